The molecule has 3 N–H and O–H groups in total. The van der Waals surface area contributed by atoms with E-state index in [1.165, 1.54) is 6.07 Å². The van der Waals surface area contributed by atoms with Crippen LogP contribution in [-0.4, -0.2) is 36.3 Å². The summed E-state index contributed by atoms with van der Waals surface area (Å²) >= 11 is 2.15. The standard InChI is InChI=1S/C22H21F3IN3O3/c23-22(24,25)15-4-1-3-14(11-15)20(31)27-12-19(30)28-17-5-2-6-18(17)29-21(32)13-7-9-16(26)10-8-13/h1,3-4,7-11,17-18H,2,5-6,12H2,(H,27,31)(H,28,30)(H,29,32)/t17-,18+/m0/s1. The summed E-state index contributed by atoms with van der Waals surface area (Å²) < 4.78 is 39.4. The predicted molar refractivity (Wildman–Crippen MR) is 120 cm³/mol. The number of rotatable bonds is 6. The Kier molecular flexibility index (Phi) is 7.75. The summed E-state index contributed by atoms with van der Waals surface area (Å²) in [6.45, 7) is -0.386. The summed E-state index contributed by atoms with van der Waals surface area (Å²) in [5.74, 6) is -1.49. The second-order valence-electron chi connectivity index (χ2n) is 7.45. The summed E-state index contributed by atoms with van der Waals surface area (Å²) in [5, 5.41) is 8.05. The molecular weight excluding hydrogens is 538 g/mol. The maximum atomic E-state index is 12.8. The highest BCUT2D eigenvalue weighted by Crippen LogP contribution is 2.29. The normalized spacial score (nSPS) is 18.1. The molecule has 0 aliphatic heterocycles. The molecule has 2 aromatic rings. The fraction of sp³-hybridized carbons (Fsp3) is 0.318. The molecule has 0 radical (unpaired) electrons. The second-order valence-corrected chi connectivity index (χ2v) is 8.70. The van der Waals surface area contributed by atoms with E-state index in [4.69, 9.17) is 0 Å². The lowest BCUT2D eigenvalue weighted by Gasteiger charge is -2.22. The largest absolute Gasteiger partial charge is 0.416 e. The van der Waals surface area contributed by atoms with Crippen molar-refractivity contribution in [2.24, 2.45) is 0 Å². The molecule has 0 saturated heterocycles. The lowest BCUT2D eigenvalue weighted by molar-refractivity contribution is -0.137. The highest BCUT2D eigenvalue weighted by Gasteiger charge is 2.31. The van der Waals surface area contributed by atoms with Crippen molar-refractivity contribution in [1.29, 1.82) is 0 Å². The number of carbonyl (C=O) groups is 3. The number of carbonyl (C=O) groups excluding carboxylic acids is 3. The fourth-order valence-electron chi connectivity index (χ4n) is 3.52. The number of amides is 3. The van der Waals surface area contributed by atoms with Crippen LogP contribution in [0.15, 0.2) is 48.5 Å². The first-order valence-corrected chi connectivity index (χ1v) is 11.0. The van der Waals surface area contributed by atoms with E-state index in [0.29, 0.717) is 18.4 Å². The quantitative estimate of drug-likeness (QED) is 0.474. The minimum Gasteiger partial charge on any atom is -0.350 e. The van der Waals surface area contributed by atoms with Crippen LogP contribution in [0.25, 0.3) is 0 Å². The monoisotopic (exact) mass is 559 g/mol. The lowest BCUT2D eigenvalue weighted by atomic mass is 10.1. The maximum absolute atomic E-state index is 12.8. The molecule has 1 aliphatic rings. The second kappa shape index (κ2) is 10.3. The molecule has 0 bridgehead atoms. The maximum Gasteiger partial charge on any atom is 0.416 e. The fourth-order valence-corrected chi connectivity index (χ4v) is 3.88. The molecule has 1 saturated carbocycles. The third kappa shape index (κ3) is 6.44. The summed E-state index contributed by atoms with van der Waals surface area (Å²) in [7, 11) is 0. The van der Waals surface area contributed by atoms with Crippen LogP contribution < -0.4 is 16.0 Å². The van der Waals surface area contributed by atoms with Crippen LogP contribution in [0.3, 0.4) is 0 Å². The van der Waals surface area contributed by atoms with Crippen molar-refractivity contribution in [3.8, 4) is 0 Å². The topological polar surface area (TPSA) is 87.3 Å². The molecule has 3 rings (SSSR count). The molecule has 0 aromatic heterocycles. The zero-order chi connectivity index (χ0) is 23.3. The first-order valence-electron chi connectivity index (χ1n) is 9.95. The van der Waals surface area contributed by atoms with Crippen molar-refractivity contribution >= 4 is 40.3 Å². The molecule has 0 heterocycles. The van der Waals surface area contributed by atoms with E-state index >= 15 is 0 Å². The van der Waals surface area contributed by atoms with E-state index in [9.17, 15) is 27.6 Å². The van der Waals surface area contributed by atoms with Gasteiger partial charge in [0, 0.05) is 26.8 Å². The SMILES string of the molecule is O=C(CNC(=O)c1cccc(C(F)(F)F)c1)N[C@H]1CCC[C@H]1NC(=O)c1ccc(I)cc1. The Morgan fingerprint density at radius 1 is 0.906 bits per heavy atom. The van der Waals surface area contributed by atoms with Gasteiger partial charge in [-0.2, -0.15) is 13.2 Å². The minimum absolute atomic E-state index is 0.184. The molecule has 2 atom stereocenters. The Labute approximate surface area is 196 Å². The average Bonchev–Trinajstić information content (AvgIpc) is 3.18. The van der Waals surface area contributed by atoms with Crippen LogP contribution in [-0.2, 0) is 11.0 Å². The number of benzene rings is 2. The van der Waals surface area contributed by atoms with Gasteiger partial charge < -0.3 is 16.0 Å². The molecule has 1 fully saturated rings. The van der Waals surface area contributed by atoms with Gasteiger partial charge in [0.05, 0.1) is 12.1 Å². The third-order valence-electron chi connectivity index (χ3n) is 5.15. The van der Waals surface area contributed by atoms with Crippen LogP contribution in [0.1, 0.15) is 45.5 Å². The number of alkyl halides is 3. The van der Waals surface area contributed by atoms with E-state index < -0.39 is 23.6 Å². The molecule has 6 nitrogen and oxygen atoms in total. The van der Waals surface area contributed by atoms with Gasteiger partial charge in [-0.3, -0.25) is 14.4 Å². The lowest BCUT2D eigenvalue weighted by Crippen LogP contribution is -2.50. The first kappa shape index (κ1) is 24.0. The van der Waals surface area contributed by atoms with E-state index in [0.717, 1.165) is 28.2 Å². The zero-order valence-electron chi connectivity index (χ0n) is 16.8. The van der Waals surface area contributed by atoms with Gasteiger partial charge in [0.25, 0.3) is 11.8 Å². The summed E-state index contributed by atoms with van der Waals surface area (Å²) in [6, 6.07) is 10.6. The van der Waals surface area contributed by atoms with Crippen LogP contribution in [0, 0.1) is 3.57 Å². The molecule has 0 spiro atoms. The van der Waals surface area contributed by atoms with Gasteiger partial charge in [-0.05, 0) is 84.3 Å². The highest BCUT2D eigenvalue weighted by atomic mass is 127. The smallest absolute Gasteiger partial charge is 0.350 e. The predicted octanol–water partition coefficient (Wildman–Crippen LogP) is 3.51. The Morgan fingerprint density at radius 2 is 1.56 bits per heavy atom. The van der Waals surface area contributed by atoms with E-state index in [1.54, 1.807) is 12.1 Å². The van der Waals surface area contributed by atoms with Crippen molar-refractivity contribution in [2.45, 2.75) is 37.5 Å². The Bertz CT molecular complexity index is 996. The van der Waals surface area contributed by atoms with Crippen molar-refractivity contribution in [2.75, 3.05) is 6.54 Å². The number of halogens is 4. The van der Waals surface area contributed by atoms with E-state index in [2.05, 4.69) is 38.5 Å². The van der Waals surface area contributed by atoms with Crippen LogP contribution in [0.2, 0.25) is 0 Å². The van der Waals surface area contributed by atoms with Crippen LogP contribution in [0.5, 0.6) is 0 Å². The average molecular weight is 559 g/mol. The van der Waals surface area contributed by atoms with Gasteiger partial charge in [-0.25, -0.2) is 0 Å². The van der Waals surface area contributed by atoms with Gasteiger partial charge in [0.1, 0.15) is 0 Å². The molecule has 0 unspecified atom stereocenters. The molecule has 3 amide bonds. The summed E-state index contributed by atoms with van der Waals surface area (Å²) in [4.78, 5) is 36.9. The third-order valence-corrected chi connectivity index (χ3v) is 5.87. The number of hydrogen-bond acceptors (Lipinski definition) is 3. The Balaban J connectivity index is 1.51. The minimum atomic E-state index is -4.56. The van der Waals surface area contributed by atoms with E-state index in [1.807, 2.05) is 12.1 Å². The van der Waals surface area contributed by atoms with Crippen molar-refractivity contribution in [1.82, 2.24) is 16.0 Å². The van der Waals surface area contributed by atoms with Crippen molar-refractivity contribution in [3.63, 3.8) is 0 Å². The number of hydrogen-bond donors (Lipinski definition) is 3. The van der Waals surface area contributed by atoms with E-state index in [-0.39, 0.29) is 30.1 Å². The molecule has 1 aliphatic carbocycles. The molecular formula is C22H21F3IN3O3. The Hall–Kier alpha value is -2.63. The summed E-state index contributed by atoms with van der Waals surface area (Å²) in [6.07, 6.45) is -2.37. The first-order chi connectivity index (χ1) is 15.1. The van der Waals surface area contributed by atoms with Crippen molar-refractivity contribution < 1.29 is 27.6 Å². The van der Waals surface area contributed by atoms with Gasteiger partial charge in [-0.1, -0.05) is 6.07 Å². The van der Waals surface area contributed by atoms with Gasteiger partial charge >= 0.3 is 6.18 Å². The van der Waals surface area contributed by atoms with Gasteiger partial charge in [0.2, 0.25) is 5.91 Å². The molecule has 32 heavy (non-hydrogen) atoms. The molecule has 10 heteroatoms. The highest BCUT2D eigenvalue weighted by molar-refractivity contribution is 14.1. The van der Waals surface area contributed by atoms with Gasteiger partial charge in [0.15, 0.2) is 0 Å². The van der Waals surface area contributed by atoms with Gasteiger partial charge in [-0.15, -0.1) is 0 Å². The Morgan fingerprint density at radius 3 is 2.22 bits per heavy atom. The van der Waals surface area contributed by atoms with Crippen molar-refractivity contribution in [3.05, 3.63) is 68.8 Å². The van der Waals surface area contributed by atoms with Crippen LogP contribution in [0.4, 0.5) is 13.2 Å². The molecule has 2 aromatic carbocycles. The van der Waals surface area contributed by atoms with Crippen LogP contribution >= 0.6 is 22.6 Å². The summed E-state index contributed by atoms with van der Waals surface area (Å²) in [5.41, 5.74) is -0.598. The number of nitrogens with one attached hydrogen (secondary N) is 3. The molecule has 170 valence electrons. The zero-order valence-corrected chi connectivity index (χ0v) is 19.0.